The van der Waals surface area contributed by atoms with Crippen molar-refractivity contribution in [3.05, 3.63) is 35.6 Å². The molecular weight excluding hydrogens is 545 g/mol. The number of methoxy groups -OCH3 is 1. The molecule has 1 aromatic carbocycles. The van der Waals surface area contributed by atoms with E-state index in [-0.39, 0.29) is 55.1 Å². The van der Waals surface area contributed by atoms with E-state index in [1.807, 2.05) is 16.8 Å². The van der Waals surface area contributed by atoms with E-state index in [1.54, 1.807) is 6.07 Å². The van der Waals surface area contributed by atoms with Crippen LogP contribution in [0.1, 0.15) is 50.4 Å². The largest absolute Gasteiger partial charge is 0.388 e. The predicted molar refractivity (Wildman–Crippen MR) is 157 cm³/mol. The van der Waals surface area contributed by atoms with Crippen molar-refractivity contribution >= 4 is 11.8 Å². The topological polar surface area (TPSA) is 112 Å². The average molecular weight is 596 g/mol. The van der Waals surface area contributed by atoms with Gasteiger partial charge in [0.15, 0.2) is 0 Å². The number of rotatable bonds is 8. The molecule has 0 unspecified atom stereocenters. The first-order valence-corrected chi connectivity index (χ1v) is 15.0. The Morgan fingerprint density at radius 1 is 1.17 bits per heavy atom. The van der Waals surface area contributed by atoms with Crippen molar-refractivity contribution in [2.45, 2.75) is 64.4 Å². The van der Waals surface area contributed by atoms with E-state index in [0.717, 1.165) is 6.54 Å². The molecule has 2 amide bonds. The third kappa shape index (κ3) is 9.68. The Bertz CT molecular complexity index is 1010. The number of hydrogen-bond acceptors (Lipinski definition) is 8. The summed E-state index contributed by atoms with van der Waals surface area (Å²) in [6.45, 7) is 9.28. The third-order valence-corrected chi connectivity index (χ3v) is 7.99. The van der Waals surface area contributed by atoms with Gasteiger partial charge in [-0.05, 0) is 44.4 Å². The van der Waals surface area contributed by atoms with E-state index in [4.69, 9.17) is 14.2 Å². The molecule has 3 rings (SSSR count). The summed E-state index contributed by atoms with van der Waals surface area (Å²) in [4.78, 5) is 33.1. The van der Waals surface area contributed by atoms with Gasteiger partial charge < -0.3 is 34.2 Å². The summed E-state index contributed by atoms with van der Waals surface area (Å²) in [7, 11) is 3.32. The highest BCUT2D eigenvalue weighted by atomic mass is 19.1. The van der Waals surface area contributed by atoms with E-state index in [9.17, 15) is 24.2 Å². The van der Waals surface area contributed by atoms with Gasteiger partial charge in [-0.2, -0.15) is 0 Å². The monoisotopic (exact) mass is 595 g/mol. The van der Waals surface area contributed by atoms with Crippen molar-refractivity contribution in [3.8, 4) is 0 Å². The van der Waals surface area contributed by atoms with Crippen molar-refractivity contribution in [3.63, 3.8) is 0 Å². The van der Waals surface area contributed by atoms with E-state index >= 15 is 0 Å². The highest BCUT2D eigenvalue weighted by Gasteiger charge is 2.37. The number of nitrogens with zero attached hydrogens (tertiary/aromatic N) is 3. The fourth-order valence-corrected chi connectivity index (χ4v) is 5.80. The Labute approximate surface area is 249 Å². The molecule has 2 saturated heterocycles. The normalized spacial score (nSPS) is 26.1. The molecule has 0 radical (unpaired) electrons. The van der Waals surface area contributed by atoms with Crippen molar-refractivity contribution in [1.82, 2.24) is 14.7 Å². The summed E-state index contributed by atoms with van der Waals surface area (Å²) in [5.74, 6) is -1.07. The maximum absolute atomic E-state index is 14.8. The maximum Gasteiger partial charge on any atom is 0.256 e. The van der Waals surface area contributed by atoms with Crippen LogP contribution in [-0.4, -0.2) is 134 Å². The van der Waals surface area contributed by atoms with Crippen LogP contribution in [0.3, 0.4) is 0 Å². The molecular formula is C31H50FN3O7. The molecule has 42 heavy (non-hydrogen) atoms. The minimum atomic E-state index is -1.35. The first-order valence-electron chi connectivity index (χ1n) is 15.0. The van der Waals surface area contributed by atoms with Crippen molar-refractivity contribution < 1.29 is 38.4 Å². The number of amides is 2. The van der Waals surface area contributed by atoms with Crippen LogP contribution in [0.15, 0.2) is 24.3 Å². The van der Waals surface area contributed by atoms with Crippen LogP contribution in [-0.2, 0) is 19.0 Å². The van der Waals surface area contributed by atoms with Crippen LogP contribution in [0.2, 0.25) is 0 Å². The molecule has 238 valence electrons. The number of aliphatic hydroxyl groups is 2. The van der Waals surface area contributed by atoms with Crippen LogP contribution in [0.5, 0.6) is 0 Å². The smallest absolute Gasteiger partial charge is 0.256 e. The Hall–Kier alpha value is -2.15. The lowest BCUT2D eigenvalue weighted by atomic mass is 9.88. The number of hydrogen-bond donors (Lipinski definition) is 2. The van der Waals surface area contributed by atoms with Crippen LogP contribution < -0.4 is 0 Å². The summed E-state index contributed by atoms with van der Waals surface area (Å²) in [5.41, 5.74) is -0.0880. The second kappa shape index (κ2) is 16.1. The van der Waals surface area contributed by atoms with Gasteiger partial charge in [-0.15, -0.1) is 0 Å². The zero-order valence-corrected chi connectivity index (χ0v) is 25.8. The number of likely N-dealkylation sites (N-methyl/N-ethyl adjacent to an activating group) is 1. The van der Waals surface area contributed by atoms with Gasteiger partial charge >= 0.3 is 0 Å². The molecule has 4 atom stereocenters. The van der Waals surface area contributed by atoms with E-state index in [0.29, 0.717) is 45.6 Å². The number of carbonyl (C=O) groups is 2. The standard InChI is InChI=1S/C31H50FN3O7/c1-22(2)14-23-15-34(30(39)24-10-6-7-11-25(24)32)16-27(40-5)29(38)26(36)18-41-13-9-8-12-35(23)28(37)17-33(4)19-31(3)20-42-21-31/h6-7,10-11,22-23,26-27,29,36,38H,8-9,12-21H2,1-5H3/t23-,26-,27-,29-/m1/s1. The summed E-state index contributed by atoms with van der Waals surface area (Å²) < 4.78 is 31.4. The van der Waals surface area contributed by atoms with Crippen molar-refractivity contribution in [2.24, 2.45) is 11.3 Å². The Kier molecular flexibility index (Phi) is 13.1. The Balaban J connectivity index is 1.95. The zero-order chi connectivity index (χ0) is 30.9. The van der Waals surface area contributed by atoms with Crippen LogP contribution in [0.25, 0.3) is 0 Å². The number of aliphatic hydroxyl groups excluding tert-OH is 2. The lowest BCUT2D eigenvalue weighted by Gasteiger charge is -2.42. The molecule has 2 aliphatic heterocycles. The Morgan fingerprint density at radius 2 is 1.88 bits per heavy atom. The minimum absolute atomic E-state index is 0.0197. The first-order chi connectivity index (χ1) is 19.9. The predicted octanol–water partition coefficient (Wildman–Crippen LogP) is 2.03. The molecule has 11 heteroatoms. The second-order valence-electron chi connectivity index (χ2n) is 12.7. The minimum Gasteiger partial charge on any atom is -0.388 e. The number of ether oxygens (including phenoxy) is 3. The molecule has 2 aliphatic rings. The quantitative estimate of drug-likeness (QED) is 0.470. The third-order valence-electron chi connectivity index (χ3n) is 7.99. The number of halogens is 1. The van der Waals surface area contributed by atoms with Crippen LogP contribution in [0.4, 0.5) is 4.39 Å². The first kappa shape index (κ1) is 34.3. The molecule has 0 aromatic heterocycles. The fourth-order valence-electron chi connectivity index (χ4n) is 5.80. The van der Waals surface area contributed by atoms with Gasteiger partial charge in [-0.25, -0.2) is 4.39 Å². The molecule has 0 spiro atoms. The molecule has 10 nitrogen and oxygen atoms in total. The van der Waals surface area contributed by atoms with Gasteiger partial charge in [0, 0.05) is 51.4 Å². The van der Waals surface area contributed by atoms with Crippen LogP contribution >= 0.6 is 0 Å². The van der Waals surface area contributed by atoms with Crippen molar-refractivity contribution in [1.29, 1.82) is 0 Å². The average Bonchev–Trinajstić information content (AvgIpc) is 2.92. The molecule has 2 heterocycles. The van der Waals surface area contributed by atoms with E-state index in [2.05, 4.69) is 20.8 Å². The van der Waals surface area contributed by atoms with Gasteiger partial charge in [0.2, 0.25) is 5.91 Å². The second-order valence-corrected chi connectivity index (χ2v) is 12.7. The highest BCUT2D eigenvalue weighted by molar-refractivity contribution is 5.94. The van der Waals surface area contributed by atoms with Gasteiger partial charge in [-0.1, -0.05) is 32.9 Å². The van der Waals surface area contributed by atoms with Gasteiger partial charge in [0.05, 0.1) is 31.9 Å². The van der Waals surface area contributed by atoms with Gasteiger partial charge in [0.25, 0.3) is 5.91 Å². The molecule has 1 aromatic rings. The van der Waals surface area contributed by atoms with E-state index in [1.165, 1.54) is 30.2 Å². The summed E-state index contributed by atoms with van der Waals surface area (Å²) >= 11 is 0. The Morgan fingerprint density at radius 3 is 2.50 bits per heavy atom. The number of carbonyl (C=O) groups excluding carboxylic acids is 2. The summed E-state index contributed by atoms with van der Waals surface area (Å²) in [5, 5.41) is 21.5. The van der Waals surface area contributed by atoms with E-state index < -0.39 is 30.0 Å². The SMILES string of the molecule is CO[C@@H]1CN(C(=O)c2ccccc2F)C[C@@H](CC(C)C)N(C(=O)CN(C)CC2(C)COC2)CCCCOC[C@@H](O)[C@H]1O. The van der Waals surface area contributed by atoms with Gasteiger partial charge in [0.1, 0.15) is 24.1 Å². The highest BCUT2D eigenvalue weighted by Crippen LogP contribution is 2.27. The lowest BCUT2D eigenvalue weighted by molar-refractivity contribution is -0.139. The zero-order valence-electron chi connectivity index (χ0n) is 25.8. The fraction of sp³-hybridized carbons (Fsp3) is 0.742. The molecule has 0 saturated carbocycles. The summed E-state index contributed by atoms with van der Waals surface area (Å²) in [6.07, 6.45) is -1.62. The molecule has 0 bridgehead atoms. The van der Waals surface area contributed by atoms with Gasteiger partial charge in [-0.3, -0.25) is 14.5 Å². The maximum atomic E-state index is 14.8. The van der Waals surface area contributed by atoms with Crippen LogP contribution in [0, 0.1) is 17.2 Å². The van der Waals surface area contributed by atoms with Crippen molar-refractivity contribution in [2.75, 3.05) is 73.3 Å². The molecule has 2 N–H and O–H groups in total. The number of benzene rings is 1. The lowest BCUT2D eigenvalue weighted by Crippen LogP contribution is -2.55. The molecule has 2 fully saturated rings. The molecule has 0 aliphatic carbocycles. The summed E-state index contributed by atoms with van der Waals surface area (Å²) in [6, 6.07) is 5.39.